The maximum atomic E-state index is 12.4. The van der Waals surface area contributed by atoms with Gasteiger partial charge >= 0.3 is 6.09 Å². The molecule has 0 saturated carbocycles. The lowest BCUT2D eigenvalue weighted by Crippen LogP contribution is -2.26. The first-order valence-electron chi connectivity index (χ1n) is 8.34. The molecule has 2 heterocycles. The Kier molecular flexibility index (Phi) is 4.23. The third-order valence-corrected chi connectivity index (χ3v) is 4.30. The summed E-state index contributed by atoms with van der Waals surface area (Å²) < 4.78 is 5.34. The van der Waals surface area contributed by atoms with Crippen molar-refractivity contribution in [2.75, 3.05) is 0 Å². The van der Waals surface area contributed by atoms with E-state index < -0.39 is 6.09 Å². The van der Waals surface area contributed by atoms with E-state index in [1.165, 1.54) is 4.90 Å². The number of hydrogen-bond acceptors (Lipinski definition) is 4. The first kappa shape index (κ1) is 16.1. The van der Waals surface area contributed by atoms with Gasteiger partial charge in [-0.05, 0) is 5.56 Å². The zero-order valence-electron chi connectivity index (χ0n) is 14.0. The molecule has 1 aromatic heterocycles. The second-order valence-corrected chi connectivity index (χ2v) is 6.10. The Morgan fingerprint density at radius 2 is 1.73 bits per heavy atom. The van der Waals surface area contributed by atoms with E-state index in [0.717, 1.165) is 11.1 Å². The van der Waals surface area contributed by atoms with Crippen molar-refractivity contribution in [3.05, 3.63) is 87.8 Å². The molecule has 6 heteroatoms. The van der Waals surface area contributed by atoms with E-state index in [1.807, 2.05) is 60.7 Å². The summed E-state index contributed by atoms with van der Waals surface area (Å²) in [7, 11) is 0. The number of amides is 1. The Morgan fingerprint density at radius 3 is 2.46 bits per heavy atom. The zero-order chi connectivity index (χ0) is 17.9. The quantitative estimate of drug-likeness (QED) is 0.790. The zero-order valence-corrected chi connectivity index (χ0v) is 14.0. The van der Waals surface area contributed by atoms with Crippen LogP contribution in [0.3, 0.4) is 0 Å². The van der Waals surface area contributed by atoms with Crippen LogP contribution in [0.25, 0.3) is 11.4 Å². The second kappa shape index (κ2) is 6.84. The number of nitrogens with one attached hydrogen (secondary N) is 1. The third kappa shape index (κ3) is 3.21. The molecule has 0 fully saturated rings. The second-order valence-electron chi connectivity index (χ2n) is 6.10. The number of benzene rings is 2. The van der Waals surface area contributed by atoms with Gasteiger partial charge in [0, 0.05) is 5.56 Å². The number of aromatic nitrogens is 2. The smallest absolute Gasteiger partial charge is 0.410 e. The summed E-state index contributed by atoms with van der Waals surface area (Å²) in [6.45, 7) is 0.679. The summed E-state index contributed by atoms with van der Waals surface area (Å²) in [6.07, 6.45) is -0.451. The topological polar surface area (TPSA) is 75.3 Å². The van der Waals surface area contributed by atoms with Gasteiger partial charge in [0.2, 0.25) is 0 Å². The van der Waals surface area contributed by atoms with Gasteiger partial charge in [-0.15, -0.1) is 0 Å². The van der Waals surface area contributed by atoms with E-state index in [2.05, 4.69) is 9.97 Å². The molecule has 26 heavy (non-hydrogen) atoms. The van der Waals surface area contributed by atoms with E-state index >= 15 is 0 Å². The van der Waals surface area contributed by atoms with E-state index in [1.54, 1.807) is 0 Å². The van der Waals surface area contributed by atoms with E-state index in [0.29, 0.717) is 17.1 Å². The van der Waals surface area contributed by atoms with E-state index in [4.69, 9.17) is 4.74 Å². The van der Waals surface area contributed by atoms with Gasteiger partial charge in [0.1, 0.15) is 12.4 Å². The molecule has 0 unspecified atom stereocenters. The van der Waals surface area contributed by atoms with Crippen LogP contribution in [0.5, 0.6) is 0 Å². The molecule has 0 radical (unpaired) electrons. The summed E-state index contributed by atoms with van der Waals surface area (Å²) in [5.74, 6) is 0.508. The van der Waals surface area contributed by atoms with Crippen LogP contribution in [-0.2, 0) is 24.4 Å². The van der Waals surface area contributed by atoms with Gasteiger partial charge in [-0.25, -0.2) is 9.78 Å². The molecule has 4 rings (SSSR count). The standard InChI is InChI=1S/C20H17N3O3/c24-19-16-11-23(20(25)26-13-14-7-3-1-4-8-14)12-17(16)21-18(22-19)15-9-5-2-6-10-15/h1-10H,11-13H2,(H,21,22,24). The van der Waals surface area contributed by atoms with Crippen molar-refractivity contribution < 1.29 is 9.53 Å². The maximum absolute atomic E-state index is 12.4. The van der Waals surface area contributed by atoms with Crippen LogP contribution < -0.4 is 5.56 Å². The highest BCUT2D eigenvalue weighted by Gasteiger charge is 2.28. The van der Waals surface area contributed by atoms with Crippen LogP contribution in [0, 0.1) is 0 Å². The van der Waals surface area contributed by atoms with Crippen LogP contribution in [0.15, 0.2) is 65.5 Å². The highest BCUT2D eigenvalue weighted by Crippen LogP contribution is 2.22. The number of rotatable bonds is 3. The minimum Gasteiger partial charge on any atom is -0.445 e. The molecule has 1 amide bonds. The number of carbonyl (C=O) groups is 1. The fourth-order valence-electron chi connectivity index (χ4n) is 2.94. The fourth-order valence-corrected chi connectivity index (χ4v) is 2.94. The molecule has 0 bridgehead atoms. The summed E-state index contributed by atoms with van der Waals surface area (Å²) in [6, 6.07) is 18.9. The van der Waals surface area contributed by atoms with E-state index in [-0.39, 0.29) is 25.3 Å². The normalized spacial score (nSPS) is 12.7. The van der Waals surface area contributed by atoms with Gasteiger partial charge in [0.05, 0.1) is 24.3 Å². The van der Waals surface area contributed by atoms with Crippen molar-refractivity contribution in [1.29, 1.82) is 0 Å². The number of hydrogen-bond donors (Lipinski definition) is 1. The Labute approximate surface area is 150 Å². The van der Waals surface area contributed by atoms with Crippen molar-refractivity contribution in [3.8, 4) is 11.4 Å². The van der Waals surface area contributed by atoms with Crippen LogP contribution >= 0.6 is 0 Å². The third-order valence-electron chi connectivity index (χ3n) is 4.30. The molecule has 130 valence electrons. The monoisotopic (exact) mass is 347 g/mol. The molecule has 0 aliphatic carbocycles. The minimum atomic E-state index is -0.451. The summed E-state index contributed by atoms with van der Waals surface area (Å²) >= 11 is 0. The van der Waals surface area contributed by atoms with E-state index in [9.17, 15) is 9.59 Å². The van der Waals surface area contributed by atoms with Gasteiger partial charge in [-0.3, -0.25) is 9.69 Å². The lowest BCUT2D eigenvalue weighted by molar-refractivity contribution is 0.0952. The summed E-state index contributed by atoms with van der Waals surface area (Å²) in [5, 5.41) is 0. The Hall–Kier alpha value is -3.41. The van der Waals surface area contributed by atoms with Crippen LogP contribution in [0.2, 0.25) is 0 Å². The minimum absolute atomic E-state index is 0.200. The molecule has 1 aliphatic rings. The largest absolute Gasteiger partial charge is 0.445 e. The molecule has 3 aromatic rings. The van der Waals surface area contributed by atoms with Gasteiger partial charge in [-0.1, -0.05) is 60.7 Å². The Morgan fingerprint density at radius 1 is 1.04 bits per heavy atom. The lowest BCUT2D eigenvalue weighted by atomic mass is 10.2. The Balaban J connectivity index is 1.49. The molecule has 0 saturated heterocycles. The average molecular weight is 347 g/mol. The first-order chi connectivity index (χ1) is 12.7. The Bertz CT molecular complexity index is 984. The number of carbonyl (C=O) groups excluding carboxylic acids is 1. The predicted octanol–water partition coefficient (Wildman–Crippen LogP) is 3.09. The van der Waals surface area contributed by atoms with Crippen LogP contribution in [-0.4, -0.2) is 21.0 Å². The van der Waals surface area contributed by atoms with Gasteiger partial charge in [-0.2, -0.15) is 0 Å². The number of fused-ring (bicyclic) bond motifs is 1. The molecule has 1 N–H and O–H groups in total. The van der Waals surface area contributed by atoms with Crippen molar-refractivity contribution in [1.82, 2.24) is 14.9 Å². The fraction of sp³-hybridized carbons (Fsp3) is 0.150. The van der Waals surface area contributed by atoms with Gasteiger partial charge in [0.15, 0.2) is 0 Å². The van der Waals surface area contributed by atoms with Gasteiger partial charge < -0.3 is 9.72 Å². The number of ether oxygens (including phenoxy) is 1. The molecule has 2 aromatic carbocycles. The van der Waals surface area contributed by atoms with Crippen molar-refractivity contribution in [3.63, 3.8) is 0 Å². The van der Waals surface area contributed by atoms with Crippen molar-refractivity contribution >= 4 is 6.09 Å². The van der Waals surface area contributed by atoms with Crippen LogP contribution in [0.1, 0.15) is 16.8 Å². The van der Waals surface area contributed by atoms with Crippen molar-refractivity contribution in [2.45, 2.75) is 19.7 Å². The number of H-pyrrole nitrogens is 1. The summed E-state index contributed by atoms with van der Waals surface area (Å²) in [4.78, 5) is 33.5. The SMILES string of the molecule is O=C(OCc1ccccc1)N1Cc2nc(-c3ccccc3)[nH]c(=O)c2C1. The van der Waals surface area contributed by atoms with Gasteiger partial charge in [0.25, 0.3) is 5.56 Å². The highest BCUT2D eigenvalue weighted by molar-refractivity contribution is 5.68. The molecular formula is C20H17N3O3. The highest BCUT2D eigenvalue weighted by atomic mass is 16.6. The number of nitrogens with zero attached hydrogens (tertiary/aromatic N) is 2. The molecule has 6 nitrogen and oxygen atoms in total. The molecule has 0 atom stereocenters. The van der Waals surface area contributed by atoms with Crippen LogP contribution in [0.4, 0.5) is 4.79 Å². The number of aromatic amines is 1. The van der Waals surface area contributed by atoms with Crippen molar-refractivity contribution in [2.24, 2.45) is 0 Å². The lowest BCUT2D eigenvalue weighted by Gasteiger charge is -2.14. The first-order valence-corrected chi connectivity index (χ1v) is 8.34. The maximum Gasteiger partial charge on any atom is 0.410 e. The molecular weight excluding hydrogens is 330 g/mol. The predicted molar refractivity (Wildman–Crippen MR) is 96.2 cm³/mol. The molecule has 1 aliphatic heterocycles. The summed E-state index contributed by atoms with van der Waals surface area (Å²) in [5.41, 5.74) is 2.66. The average Bonchev–Trinajstić information content (AvgIpc) is 3.12. The molecule has 0 spiro atoms.